The highest BCUT2D eigenvalue weighted by molar-refractivity contribution is 5.93. The molecule has 7 heteroatoms. The molecule has 1 heterocycles. The van der Waals surface area contributed by atoms with Crippen molar-refractivity contribution < 1.29 is 23.8 Å². The highest BCUT2D eigenvalue weighted by Crippen LogP contribution is 2.17. The fraction of sp³-hybridized carbons (Fsp3) is 0.429. The van der Waals surface area contributed by atoms with E-state index in [4.69, 9.17) is 9.84 Å². The molecule has 0 spiro atoms. The predicted molar refractivity (Wildman–Crippen MR) is 73.9 cm³/mol. The lowest BCUT2D eigenvalue weighted by Gasteiger charge is -2.19. The molecule has 1 saturated heterocycles. The SMILES string of the molecule is CC(NC(=O)Nc1ccc(F)c(C(=O)O)c1)C1CCOC1. The fourth-order valence-electron chi connectivity index (χ4n) is 2.21. The molecule has 1 aliphatic heterocycles. The number of benzene rings is 1. The second-order valence-corrected chi connectivity index (χ2v) is 5.01. The molecule has 2 atom stereocenters. The van der Waals surface area contributed by atoms with Crippen molar-refractivity contribution in [3.8, 4) is 0 Å². The molecular weight excluding hydrogens is 279 g/mol. The topological polar surface area (TPSA) is 87.7 Å². The van der Waals surface area contributed by atoms with E-state index >= 15 is 0 Å². The summed E-state index contributed by atoms with van der Waals surface area (Å²) < 4.78 is 18.5. The Kier molecular flexibility index (Phi) is 4.74. The van der Waals surface area contributed by atoms with Crippen LogP contribution in [0, 0.1) is 11.7 Å². The van der Waals surface area contributed by atoms with Crippen LogP contribution in [0.3, 0.4) is 0 Å². The normalized spacial score (nSPS) is 19.0. The zero-order chi connectivity index (χ0) is 15.4. The molecule has 0 aliphatic carbocycles. The minimum absolute atomic E-state index is 0.0631. The minimum Gasteiger partial charge on any atom is -0.478 e. The molecule has 2 amide bonds. The van der Waals surface area contributed by atoms with Gasteiger partial charge in [0.05, 0.1) is 12.2 Å². The van der Waals surface area contributed by atoms with Crippen molar-refractivity contribution in [2.24, 2.45) is 5.92 Å². The quantitative estimate of drug-likeness (QED) is 0.793. The van der Waals surface area contributed by atoms with Crippen LogP contribution in [-0.4, -0.2) is 36.4 Å². The van der Waals surface area contributed by atoms with Crippen molar-refractivity contribution in [2.75, 3.05) is 18.5 Å². The second-order valence-electron chi connectivity index (χ2n) is 5.01. The molecule has 2 unspecified atom stereocenters. The van der Waals surface area contributed by atoms with Crippen LogP contribution in [0.15, 0.2) is 18.2 Å². The summed E-state index contributed by atoms with van der Waals surface area (Å²) in [5.41, 5.74) is -0.258. The van der Waals surface area contributed by atoms with Gasteiger partial charge in [0.25, 0.3) is 0 Å². The first kappa shape index (κ1) is 15.2. The Morgan fingerprint density at radius 1 is 1.48 bits per heavy atom. The van der Waals surface area contributed by atoms with Gasteiger partial charge >= 0.3 is 12.0 Å². The summed E-state index contributed by atoms with van der Waals surface area (Å²) in [5, 5.41) is 14.1. The molecule has 3 N–H and O–H groups in total. The number of rotatable bonds is 4. The van der Waals surface area contributed by atoms with E-state index in [9.17, 15) is 14.0 Å². The third-order valence-electron chi connectivity index (χ3n) is 3.49. The molecule has 6 nitrogen and oxygen atoms in total. The first-order valence-electron chi connectivity index (χ1n) is 6.65. The van der Waals surface area contributed by atoms with Gasteiger partial charge in [-0.2, -0.15) is 0 Å². The maximum absolute atomic E-state index is 13.2. The Balaban J connectivity index is 1.96. The number of hydrogen-bond acceptors (Lipinski definition) is 3. The zero-order valence-electron chi connectivity index (χ0n) is 11.6. The van der Waals surface area contributed by atoms with Crippen molar-refractivity contribution in [3.05, 3.63) is 29.6 Å². The number of ether oxygens (including phenoxy) is 1. The average Bonchev–Trinajstić information content (AvgIpc) is 2.94. The Bertz CT molecular complexity index is 544. The number of carbonyl (C=O) groups is 2. The predicted octanol–water partition coefficient (Wildman–Crippen LogP) is 2.07. The number of halogens is 1. The summed E-state index contributed by atoms with van der Waals surface area (Å²) in [4.78, 5) is 22.7. The smallest absolute Gasteiger partial charge is 0.338 e. The Labute approximate surface area is 121 Å². The molecule has 0 saturated carbocycles. The number of urea groups is 1. The van der Waals surface area contributed by atoms with E-state index in [1.54, 1.807) is 0 Å². The van der Waals surface area contributed by atoms with Crippen LogP contribution in [0.4, 0.5) is 14.9 Å². The van der Waals surface area contributed by atoms with E-state index < -0.39 is 23.4 Å². The van der Waals surface area contributed by atoms with Gasteiger partial charge in [0, 0.05) is 24.3 Å². The summed E-state index contributed by atoms with van der Waals surface area (Å²) in [6.45, 7) is 3.19. The fourth-order valence-corrected chi connectivity index (χ4v) is 2.21. The third kappa shape index (κ3) is 3.91. The van der Waals surface area contributed by atoms with Crippen molar-refractivity contribution in [3.63, 3.8) is 0 Å². The van der Waals surface area contributed by atoms with Crippen LogP contribution in [0.5, 0.6) is 0 Å². The molecule has 1 aromatic carbocycles. The van der Waals surface area contributed by atoms with E-state index in [-0.39, 0.29) is 17.6 Å². The molecule has 21 heavy (non-hydrogen) atoms. The molecule has 1 aliphatic rings. The molecule has 1 fully saturated rings. The van der Waals surface area contributed by atoms with Gasteiger partial charge in [0.2, 0.25) is 0 Å². The summed E-state index contributed by atoms with van der Waals surface area (Å²) in [5.74, 6) is -1.96. The monoisotopic (exact) mass is 296 g/mol. The summed E-state index contributed by atoms with van der Waals surface area (Å²) >= 11 is 0. The Morgan fingerprint density at radius 2 is 2.24 bits per heavy atom. The zero-order valence-corrected chi connectivity index (χ0v) is 11.6. The van der Waals surface area contributed by atoms with Crippen molar-refractivity contribution >= 4 is 17.7 Å². The second kappa shape index (κ2) is 6.53. The number of carboxylic acids is 1. The number of hydrogen-bond donors (Lipinski definition) is 3. The lowest BCUT2D eigenvalue weighted by molar-refractivity contribution is 0.0692. The number of nitrogens with one attached hydrogen (secondary N) is 2. The summed E-state index contributed by atoms with van der Waals surface area (Å²) in [7, 11) is 0. The lowest BCUT2D eigenvalue weighted by atomic mass is 10.0. The van der Waals surface area contributed by atoms with Gasteiger partial charge < -0.3 is 20.5 Å². The van der Waals surface area contributed by atoms with Crippen molar-refractivity contribution in [2.45, 2.75) is 19.4 Å². The number of carboxylic acid groups (broad SMARTS) is 1. The molecule has 114 valence electrons. The van der Waals surface area contributed by atoms with E-state index in [1.165, 1.54) is 6.07 Å². The van der Waals surface area contributed by atoms with Crippen LogP contribution in [0.2, 0.25) is 0 Å². The van der Waals surface area contributed by atoms with Crippen LogP contribution >= 0.6 is 0 Å². The maximum Gasteiger partial charge on any atom is 0.338 e. The third-order valence-corrected chi connectivity index (χ3v) is 3.49. The molecule has 1 aromatic rings. The van der Waals surface area contributed by atoms with Crippen LogP contribution < -0.4 is 10.6 Å². The number of aromatic carboxylic acids is 1. The van der Waals surface area contributed by atoms with E-state index in [0.29, 0.717) is 13.2 Å². The van der Waals surface area contributed by atoms with E-state index in [2.05, 4.69) is 10.6 Å². The molecule has 2 rings (SSSR count). The first-order valence-corrected chi connectivity index (χ1v) is 6.65. The van der Waals surface area contributed by atoms with Gasteiger partial charge in [-0.05, 0) is 31.5 Å². The van der Waals surface area contributed by atoms with Gasteiger partial charge in [-0.1, -0.05) is 0 Å². The summed E-state index contributed by atoms with van der Waals surface area (Å²) in [6, 6.07) is 2.88. The maximum atomic E-state index is 13.2. The van der Waals surface area contributed by atoms with Gasteiger partial charge in [-0.25, -0.2) is 14.0 Å². The van der Waals surface area contributed by atoms with Crippen molar-refractivity contribution in [1.29, 1.82) is 0 Å². The largest absolute Gasteiger partial charge is 0.478 e. The van der Waals surface area contributed by atoms with Crippen LogP contribution in [0.1, 0.15) is 23.7 Å². The molecule has 0 bridgehead atoms. The van der Waals surface area contributed by atoms with Gasteiger partial charge in [-0.15, -0.1) is 0 Å². The highest BCUT2D eigenvalue weighted by Gasteiger charge is 2.23. The summed E-state index contributed by atoms with van der Waals surface area (Å²) in [6.07, 6.45) is 0.890. The van der Waals surface area contributed by atoms with Gasteiger partial charge in [-0.3, -0.25) is 0 Å². The van der Waals surface area contributed by atoms with Crippen LogP contribution in [-0.2, 0) is 4.74 Å². The van der Waals surface area contributed by atoms with E-state index in [1.807, 2.05) is 6.92 Å². The first-order chi connectivity index (χ1) is 9.97. The van der Waals surface area contributed by atoms with Gasteiger partial charge in [0.1, 0.15) is 5.82 Å². The lowest BCUT2D eigenvalue weighted by Crippen LogP contribution is -2.40. The highest BCUT2D eigenvalue weighted by atomic mass is 19.1. The van der Waals surface area contributed by atoms with Gasteiger partial charge in [0.15, 0.2) is 0 Å². The van der Waals surface area contributed by atoms with Crippen LogP contribution in [0.25, 0.3) is 0 Å². The molecule has 0 aromatic heterocycles. The number of carbonyl (C=O) groups excluding carboxylic acids is 1. The van der Waals surface area contributed by atoms with E-state index in [0.717, 1.165) is 18.6 Å². The Morgan fingerprint density at radius 3 is 2.86 bits per heavy atom. The minimum atomic E-state index is -1.38. The standard InChI is InChI=1S/C14H17FN2O4/c1-8(9-4-5-21-7-9)16-14(20)17-10-2-3-12(15)11(6-10)13(18)19/h2-3,6,8-9H,4-5,7H2,1H3,(H,18,19)(H2,16,17,20). The van der Waals surface area contributed by atoms with Crippen molar-refractivity contribution in [1.82, 2.24) is 5.32 Å². The number of amides is 2. The number of anilines is 1. The Hall–Kier alpha value is -2.15. The molecular formula is C14H17FN2O4. The molecule has 0 radical (unpaired) electrons. The average molecular weight is 296 g/mol.